The number of hydrogen-bond acceptors (Lipinski definition) is 1. The molecule has 82 valence electrons. The van der Waals surface area contributed by atoms with Gasteiger partial charge in [-0.2, -0.15) is 0 Å². The summed E-state index contributed by atoms with van der Waals surface area (Å²) in [5.74, 6) is 0.260. The molecule has 0 N–H and O–H groups in total. The molecule has 0 atom stereocenters. The van der Waals surface area contributed by atoms with Gasteiger partial charge in [0.25, 0.3) is 0 Å². The minimum Gasteiger partial charge on any atom is -0.342 e. The zero-order chi connectivity index (χ0) is 11.0. The SMILES string of the molecule is CCCCCC(=O)N(C)CC=C(C)C. The Labute approximate surface area is 88.0 Å². The first-order valence-electron chi connectivity index (χ1n) is 5.45. The summed E-state index contributed by atoms with van der Waals surface area (Å²) >= 11 is 0. The van der Waals surface area contributed by atoms with E-state index in [2.05, 4.69) is 26.8 Å². The lowest BCUT2D eigenvalue weighted by Crippen LogP contribution is -2.26. The van der Waals surface area contributed by atoms with Crippen LogP contribution in [0.15, 0.2) is 11.6 Å². The summed E-state index contributed by atoms with van der Waals surface area (Å²) in [6.45, 7) is 7.00. The fourth-order valence-corrected chi connectivity index (χ4v) is 1.14. The van der Waals surface area contributed by atoms with Crippen LogP contribution >= 0.6 is 0 Å². The van der Waals surface area contributed by atoms with E-state index in [-0.39, 0.29) is 5.91 Å². The second-order valence-corrected chi connectivity index (χ2v) is 4.01. The molecular weight excluding hydrogens is 174 g/mol. The minimum absolute atomic E-state index is 0.260. The first-order chi connectivity index (χ1) is 6.57. The number of carbonyl (C=O) groups excluding carboxylic acids is 1. The molecular formula is C12H23NO. The van der Waals surface area contributed by atoms with E-state index in [0.29, 0.717) is 6.42 Å². The van der Waals surface area contributed by atoms with Gasteiger partial charge < -0.3 is 4.90 Å². The Morgan fingerprint density at radius 2 is 1.93 bits per heavy atom. The predicted octanol–water partition coefficient (Wildman–Crippen LogP) is 2.99. The van der Waals surface area contributed by atoms with E-state index in [0.717, 1.165) is 19.4 Å². The Bertz CT molecular complexity index is 192. The van der Waals surface area contributed by atoms with Crippen molar-refractivity contribution in [2.45, 2.75) is 46.5 Å². The maximum absolute atomic E-state index is 11.5. The third-order valence-corrected chi connectivity index (χ3v) is 2.19. The molecule has 0 rings (SSSR count). The van der Waals surface area contributed by atoms with E-state index < -0.39 is 0 Å². The van der Waals surface area contributed by atoms with Crippen LogP contribution in [0.5, 0.6) is 0 Å². The number of unbranched alkanes of at least 4 members (excludes halogenated alkanes) is 2. The highest BCUT2D eigenvalue weighted by atomic mass is 16.2. The number of carbonyl (C=O) groups is 1. The van der Waals surface area contributed by atoms with Crippen molar-refractivity contribution in [3.05, 3.63) is 11.6 Å². The molecule has 0 aliphatic rings. The molecule has 2 nitrogen and oxygen atoms in total. The fraction of sp³-hybridized carbons (Fsp3) is 0.750. The maximum Gasteiger partial charge on any atom is 0.222 e. The van der Waals surface area contributed by atoms with Crippen molar-refractivity contribution in [2.24, 2.45) is 0 Å². The molecule has 0 aromatic heterocycles. The smallest absolute Gasteiger partial charge is 0.222 e. The van der Waals surface area contributed by atoms with E-state index >= 15 is 0 Å². The van der Waals surface area contributed by atoms with E-state index in [9.17, 15) is 4.79 Å². The summed E-state index contributed by atoms with van der Waals surface area (Å²) < 4.78 is 0. The zero-order valence-electron chi connectivity index (χ0n) is 9.97. The molecule has 0 fully saturated rings. The molecule has 0 saturated carbocycles. The van der Waals surface area contributed by atoms with Crippen LogP contribution in [0.2, 0.25) is 0 Å². The molecule has 0 saturated heterocycles. The van der Waals surface area contributed by atoms with Crippen molar-refractivity contribution in [3.63, 3.8) is 0 Å². The lowest BCUT2D eigenvalue weighted by Gasteiger charge is -2.15. The first kappa shape index (κ1) is 13.2. The summed E-state index contributed by atoms with van der Waals surface area (Å²) in [5, 5.41) is 0. The molecule has 1 amide bonds. The van der Waals surface area contributed by atoms with E-state index in [1.54, 1.807) is 4.90 Å². The van der Waals surface area contributed by atoms with Crippen LogP contribution < -0.4 is 0 Å². The quantitative estimate of drug-likeness (QED) is 0.473. The monoisotopic (exact) mass is 197 g/mol. The van der Waals surface area contributed by atoms with Crippen LogP contribution in [0.3, 0.4) is 0 Å². The number of allylic oxidation sites excluding steroid dienone is 1. The van der Waals surface area contributed by atoms with E-state index in [1.807, 2.05) is 7.05 Å². The molecule has 0 heterocycles. The molecule has 0 aliphatic heterocycles. The topological polar surface area (TPSA) is 20.3 Å². The normalized spacial score (nSPS) is 9.71. The number of rotatable bonds is 6. The molecule has 0 spiro atoms. The molecule has 0 radical (unpaired) electrons. The average Bonchev–Trinajstić information content (AvgIpc) is 2.14. The van der Waals surface area contributed by atoms with Gasteiger partial charge in [-0.15, -0.1) is 0 Å². The van der Waals surface area contributed by atoms with Crippen molar-refractivity contribution in [1.82, 2.24) is 4.90 Å². The molecule has 2 heteroatoms. The summed E-state index contributed by atoms with van der Waals surface area (Å²) in [7, 11) is 1.87. The Balaban J connectivity index is 3.71. The van der Waals surface area contributed by atoms with Gasteiger partial charge in [-0.05, 0) is 20.3 Å². The Morgan fingerprint density at radius 3 is 2.43 bits per heavy atom. The van der Waals surface area contributed by atoms with Crippen molar-refractivity contribution < 1.29 is 4.79 Å². The van der Waals surface area contributed by atoms with Gasteiger partial charge in [0.05, 0.1) is 0 Å². The lowest BCUT2D eigenvalue weighted by molar-refractivity contribution is -0.129. The number of amides is 1. The molecule has 0 aliphatic carbocycles. The Hall–Kier alpha value is -0.790. The molecule has 0 aromatic carbocycles. The second kappa shape index (κ2) is 7.60. The highest BCUT2D eigenvalue weighted by molar-refractivity contribution is 5.75. The van der Waals surface area contributed by atoms with Crippen molar-refractivity contribution >= 4 is 5.91 Å². The predicted molar refractivity (Wildman–Crippen MR) is 61.2 cm³/mol. The summed E-state index contributed by atoms with van der Waals surface area (Å²) in [4.78, 5) is 13.3. The van der Waals surface area contributed by atoms with Gasteiger partial charge in [-0.25, -0.2) is 0 Å². The summed E-state index contributed by atoms with van der Waals surface area (Å²) in [6, 6.07) is 0. The standard InChI is InChI=1S/C12H23NO/c1-5-6-7-8-12(14)13(4)10-9-11(2)3/h9H,5-8,10H2,1-4H3. The van der Waals surface area contributed by atoms with Gasteiger partial charge in [0.2, 0.25) is 5.91 Å². The summed E-state index contributed by atoms with van der Waals surface area (Å²) in [6.07, 6.45) is 6.13. The van der Waals surface area contributed by atoms with Crippen LogP contribution in [0, 0.1) is 0 Å². The van der Waals surface area contributed by atoms with Crippen molar-refractivity contribution in [3.8, 4) is 0 Å². The molecule has 0 bridgehead atoms. The van der Waals surface area contributed by atoms with Crippen LogP contribution in [-0.4, -0.2) is 24.4 Å². The minimum atomic E-state index is 0.260. The molecule has 14 heavy (non-hydrogen) atoms. The number of hydrogen-bond donors (Lipinski definition) is 0. The molecule has 0 unspecified atom stereocenters. The van der Waals surface area contributed by atoms with Gasteiger partial charge in [-0.1, -0.05) is 31.4 Å². The zero-order valence-corrected chi connectivity index (χ0v) is 9.97. The maximum atomic E-state index is 11.5. The molecule has 0 aromatic rings. The third-order valence-electron chi connectivity index (χ3n) is 2.19. The first-order valence-corrected chi connectivity index (χ1v) is 5.45. The van der Waals surface area contributed by atoms with Crippen LogP contribution in [0.25, 0.3) is 0 Å². The van der Waals surface area contributed by atoms with E-state index in [4.69, 9.17) is 0 Å². The summed E-state index contributed by atoms with van der Waals surface area (Å²) in [5.41, 5.74) is 1.26. The van der Waals surface area contributed by atoms with E-state index in [1.165, 1.54) is 12.0 Å². The average molecular weight is 197 g/mol. The fourth-order valence-electron chi connectivity index (χ4n) is 1.14. The van der Waals surface area contributed by atoms with Gasteiger partial charge in [0.15, 0.2) is 0 Å². The van der Waals surface area contributed by atoms with Gasteiger partial charge in [-0.3, -0.25) is 4.79 Å². The van der Waals surface area contributed by atoms with Crippen LogP contribution in [0.1, 0.15) is 46.5 Å². The van der Waals surface area contributed by atoms with Gasteiger partial charge in [0.1, 0.15) is 0 Å². The van der Waals surface area contributed by atoms with Crippen LogP contribution in [-0.2, 0) is 4.79 Å². The number of likely N-dealkylation sites (N-methyl/N-ethyl adjacent to an activating group) is 1. The largest absolute Gasteiger partial charge is 0.342 e. The number of nitrogens with zero attached hydrogens (tertiary/aromatic N) is 1. The highest BCUT2D eigenvalue weighted by Gasteiger charge is 2.05. The third kappa shape index (κ3) is 6.70. The Kier molecular flexibility index (Phi) is 7.17. The van der Waals surface area contributed by atoms with Crippen LogP contribution in [0.4, 0.5) is 0 Å². The Morgan fingerprint density at radius 1 is 1.29 bits per heavy atom. The lowest BCUT2D eigenvalue weighted by atomic mass is 10.2. The second-order valence-electron chi connectivity index (χ2n) is 4.01. The van der Waals surface area contributed by atoms with Crippen molar-refractivity contribution in [2.75, 3.05) is 13.6 Å². The van der Waals surface area contributed by atoms with Gasteiger partial charge in [0, 0.05) is 20.0 Å². The van der Waals surface area contributed by atoms with Crippen molar-refractivity contribution in [1.29, 1.82) is 0 Å². The highest BCUT2D eigenvalue weighted by Crippen LogP contribution is 2.02. The van der Waals surface area contributed by atoms with Gasteiger partial charge >= 0.3 is 0 Å².